The number of rotatable bonds is 7. The van der Waals surface area contributed by atoms with Crippen molar-refractivity contribution < 1.29 is 14.9 Å². The van der Waals surface area contributed by atoms with Gasteiger partial charge in [-0.25, -0.2) is 0 Å². The molecule has 17 heavy (non-hydrogen) atoms. The molecule has 0 spiro atoms. The van der Waals surface area contributed by atoms with E-state index in [1.54, 1.807) is 12.1 Å². The standard InChI is InChI=1S/C13H21NO3/c1-10(2)9-17-6-5-14-8-11-3-4-12(15)7-13(11)16/h3-4,7,10,14-16H,5-6,8-9H2,1-2H3. The summed E-state index contributed by atoms with van der Waals surface area (Å²) in [6, 6.07) is 4.60. The summed E-state index contributed by atoms with van der Waals surface area (Å²) in [5, 5.41) is 21.8. The van der Waals surface area contributed by atoms with Crippen LogP contribution < -0.4 is 5.32 Å². The van der Waals surface area contributed by atoms with Crippen molar-refractivity contribution >= 4 is 0 Å². The predicted molar refractivity (Wildman–Crippen MR) is 67.1 cm³/mol. The monoisotopic (exact) mass is 239 g/mol. The van der Waals surface area contributed by atoms with Crippen LogP contribution in [0.25, 0.3) is 0 Å². The van der Waals surface area contributed by atoms with Gasteiger partial charge >= 0.3 is 0 Å². The number of nitrogens with one attached hydrogen (secondary N) is 1. The molecule has 1 aromatic rings. The first-order valence-corrected chi connectivity index (χ1v) is 5.89. The molecule has 0 bridgehead atoms. The molecule has 1 aromatic carbocycles. The van der Waals surface area contributed by atoms with Gasteiger partial charge in [0.05, 0.1) is 6.61 Å². The molecule has 0 aliphatic rings. The highest BCUT2D eigenvalue weighted by Crippen LogP contribution is 2.21. The van der Waals surface area contributed by atoms with Crippen molar-refractivity contribution in [3.8, 4) is 11.5 Å². The molecule has 0 aliphatic carbocycles. The van der Waals surface area contributed by atoms with Crippen molar-refractivity contribution in [3.05, 3.63) is 23.8 Å². The van der Waals surface area contributed by atoms with Crippen molar-refractivity contribution in [1.29, 1.82) is 0 Å². The third kappa shape index (κ3) is 5.56. The maximum atomic E-state index is 9.54. The second-order valence-electron chi connectivity index (χ2n) is 4.46. The van der Waals surface area contributed by atoms with E-state index in [9.17, 15) is 5.11 Å². The molecule has 0 heterocycles. The third-order valence-electron chi connectivity index (χ3n) is 2.26. The summed E-state index contributed by atoms with van der Waals surface area (Å²) < 4.78 is 5.42. The van der Waals surface area contributed by atoms with E-state index in [1.807, 2.05) is 0 Å². The van der Waals surface area contributed by atoms with E-state index in [4.69, 9.17) is 9.84 Å². The SMILES string of the molecule is CC(C)COCCNCc1ccc(O)cc1O. The fourth-order valence-electron chi connectivity index (χ4n) is 1.39. The molecule has 0 saturated heterocycles. The van der Waals surface area contributed by atoms with Crippen molar-refractivity contribution in [3.63, 3.8) is 0 Å². The molecule has 4 nitrogen and oxygen atoms in total. The lowest BCUT2D eigenvalue weighted by atomic mass is 10.2. The van der Waals surface area contributed by atoms with Crippen LogP contribution in [0.15, 0.2) is 18.2 Å². The highest BCUT2D eigenvalue weighted by molar-refractivity contribution is 5.38. The van der Waals surface area contributed by atoms with Crippen molar-refractivity contribution in [2.75, 3.05) is 19.8 Å². The summed E-state index contributed by atoms with van der Waals surface area (Å²) in [7, 11) is 0. The van der Waals surface area contributed by atoms with Gasteiger partial charge in [0.15, 0.2) is 0 Å². The van der Waals surface area contributed by atoms with Crippen molar-refractivity contribution in [2.45, 2.75) is 20.4 Å². The molecule has 0 aliphatic heterocycles. The molecule has 4 heteroatoms. The van der Waals surface area contributed by atoms with Gasteiger partial charge < -0.3 is 20.3 Å². The Bertz CT molecular complexity index is 339. The quantitative estimate of drug-likeness (QED) is 0.636. The molecule has 1 rings (SSSR count). The zero-order valence-corrected chi connectivity index (χ0v) is 10.4. The van der Waals surface area contributed by atoms with Crippen LogP contribution in [0.2, 0.25) is 0 Å². The number of phenolic OH excluding ortho intramolecular Hbond substituents is 2. The highest BCUT2D eigenvalue weighted by Gasteiger charge is 2.01. The lowest BCUT2D eigenvalue weighted by Crippen LogP contribution is -2.20. The summed E-state index contributed by atoms with van der Waals surface area (Å²) >= 11 is 0. The lowest BCUT2D eigenvalue weighted by molar-refractivity contribution is 0.111. The van der Waals surface area contributed by atoms with Gasteiger partial charge in [0.2, 0.25) is 0 Å². The Hall–Kier alpha value is -1.26. The zero-order chi connectivity index (χ0) is 12.7. The summed E-state index contributed by atoms with van der Waals surface area (Å²) in [5.41, 5.74) is 0.770. The Balaban J connectivity index is 2.18. The summed E-state index contributed by atoms with van der Waals surface area (Å²) in [6.07, 6.45) is 0. The Labute approximate surface area is 102 Å². The lowest BCUT2D eigenvalue weighted by Gasteiger charge is -2.09. The Morgan fingerprint density at radius 3 is 2.71 bits per heavy atom. The number of benzene rings is 1. The van der Waals surface area contributed by atoms with Crippen LogP contribution in [-0.2, 0) is 11.3 Å². The second kappa shape index (κ2) is 7.14. The van der Waals surface area contributed by atoms with Crippen LogP contribution in [-0.4, -0.2) is 30.0 Å². The first-order valence-electron chi connectivity index (χ1n) is 5.89. The highest BCUT2D eigenvalue weighted by atomic mass is 16.5. The Morgan fingerprint density at radius 1 is 1.29 bits per heavy atom. The van der Waals surface area contributed by atoms with E-state index in [0.29, 0.717) is 19.1 Å². The smallest absolute Gasteiger partial charge is 0.123 e. The summed E-state index contributed by atoms with van der Waals surface area (Å²) in [5.74, 6) is 0.739. The van der Waals surface area contributed by atoms with Crippen LogP contribution in [0.3, 0.4) is 0 Å². The van der Waals surface area contributed by atoms with Crippen LogP contribution in [0.1, 0.15) is 19.4 Å². The van der Waals surface area contributed by atoms with Crippen LogP contribution in [0.5, 0.6) is 11.5 Å². The van der Waals surface area contributed by atoms with Crippen LogP contribution in [0.4, 0.5) is 0 Å². The molecule has 0 amide bonds. The molecular formula is C13H21NO3. The third-order valence-corrected chi connectivity index (χ3v) is 2.26. The Kier molecular flexibility index (Phi) is 5.80. The average molecular weight is 239 g/mol. The fourth-order valence-corrected chi connectivity index (χ4v) is 1.39. The predicted octanol–water partition coefficient (Wildman–Crippen LogP) is 1.86. The minimum Gasteiger partial charge on any atom is -0.508 e. The van der Waals surface area contributed by atoms with Gasteiger partial charge in [0, 0.05) is 31.3 Å². The molecule has 0 aromatic heterocycles. The summed E-state index contributed by atoms with van der Waals surface area (Å²) in [6.45, 7) is 6.97. The number of ether oxygens (including phenoxy) is 1. The van der Waals surface area contributed by atoms with Crippen LogP contribution >= 0.6 is 0 Å². The van der Waals surface area contributed by atoms with Crippen LogP contribution in [0, 0.1) is 5.92 Å². The topological polar surface area (TPSA) is 61.7 Å². The van der Waals surface area contributed by atoms with E-state index in [0.717, 1.165) is 18.7 Å². The second-order valence-corrected chi connectivity index (χ2v) is 4.46. The van der Waals surface area contributed by atoms with Crippen molar-refractivity contribution in [2.24, 2.45) is 5.92 Å². The van der Waals surface area contributed by atoms with Gasteiger partial charge in [-0.15, -0.1) is 0 Å². The number of hydrogen-bond acceptors (Lipinski definition) is 4. The fraction of sp³-hybridized carbons (Fsp3) is 0.538. The van der Waals surface area contributed by atoms with Gasteiger partial charge in [-0.2, -0.15) is 0 Å². The molecule has 3 N–H and O–H groups in total. The largest absolute Gasteiger partial charge is 0.508 e. The van der Waals surface area contributed by atoms with Gasteiger partial charge in [-0.1, -0.05) is 19.9 Å². The minimum absolute atomic E-state index is 0.0755. The Morgan fingerprint density at radius 2 is 2.06 bits per heavy atom. The first-order chi connectivity index (χ1) is 8.09. The first kappa shape index (κ1) is 13.8. The number of aromatic hydroxyl groups is 2. The maximum Gasteiger partial charge on any atom is 0.123 e. The van der Waals surface area contributed by atoms with Gasteiger partial charge in [0.25, 0.3) is 0 Å². The molecule has 96 valence electrons. The number of phenols is 2. The molecule has 0 fully saturated rings. The van der Waals surface area contributed by atoms with Gasteiger partial charge in [0.1, 0.15) is 11.5 Å². The van der Waals surface area contributed by atoms with E-state index in [1.165, 1.54) is 6.07 Å². The van der Waals surface area contributed by atoms with Crippen molar-refractivity contribution in [1.82, 2.24) is 5.32 Å². The molecular weight excluding hydrogens is 218 g/mol. The van der Waals surface area contributed by atoms with E-state index < -0.39 is 0 Å². The molecule has 0 unspecified atom stereocenters. The van der Waals surface area contributed by atoms with Gasteiger partial charge in [-0.05, 0) is 12.0 Å². The van der Waals surface area contributed by atoms with Gasteiger partial charge in [-0.3, -0.25) is 0 Å². The average Bonchev–Trinajstić information content (AvgIpc) is 2.25. The van der Waals surface area contributed by atoms with E-state index >= 15 is 0 Å². The molecule has 0 radical (unpaired) electrons. The van der Waals surface area contributed by atoms with E-state index in [-0.39, 0.29) is 11.5 Å². The molecule has 0 saturated carbocycles. The molecule has 0 atom stereocenters. The number of hydrogen-bond donors (Lipinski definition) is 3. The van der Waals surface area contributed by atoms with E-state index in [2.05, 4.69) is 19.2 Å². The summed E-state index contributed by atoms with van der Waals surface area (Å²) in [4.78, 5) is 0. The normalized spacial score (nSPS) is 11.0. The minimum atomic E-state index is 0.0755. The zero-order valence-electron chi connectivity index (χ0n) is 10.4. The maximum absolute atomic E-state index is 9.54.